The molecule has 0 fully saturated rings. The Balaban J connectivity index is 1.41. The number of hydrogen-bond donors (Lipinski definition) is 1. The van der Waals surface area contributed by atoms with Gasteiger partial charge in [-0.2, -0.15) is 5.10 Å². The van der Waals surface area contributed by atoms with Gasteiger partial charge in [0.05, 0.1) is 25.9 Å². The second kappa shape index (κ2) is 8.69. The fourth-order valence-corrected chi connectivity index (χ4v) is 5.22. The Morgan fingerprint density at radius 3 is 2.77 bits per heavy atom. The van der Waals surface area contributed by atoms with Crippen LogP contribution in [0.3, 0.4) is 0 Å². The first kappa shape index (κ1) is 22.8. The van der Waals surface area contributed by atoms with Crippen LogP contribution in [0.15, 0.2) is 52.0 Å². The number of nitrogens with one attached hydrogen (secondary N) is 1. The van der Waals surface area contributed by atoms with E-state index in [-0.39, 0.29) is 11.7 Å². The molecule has 4 aromatic rings. The van der Waals surface area contributed by atoms with Crippen molar-refractivity contribution in [1.29, 1.82) is 0 Å². The third-order valence-electron chi connectivity index (χ3n) is 5.80. The predicted molar refractivity (Wildman–Crippen MR) is 124 cm³/mol. The molecule has 35 heavy (non-hydrogen) atoms. The summed E-state index contributed by atoms with van der Waals surface area (Å²) in [6.07, 6.45) is 2.36. The molecule has 0 spiro atoms. The van der Waals surface area contributed by atoms with Gasteiger partial charge in [0.2, 0.25) is 5.91 Å². The second-order valence-corrected chi connectivity index (χ2v) is 9.79. The van der Waals surface area contributed by atoms with Crippen LogP contribution in [0.2, 0.25) is 0 Å². The Hall–Kier alpha value is -3.93. The number of carbonyl (C=O) groups excluding carboxylic acids is 1. The van der Waals surface area contributed by atoms with E-state index in [0.717, 1.165) is 29.0 Å². The lowest BCUT2D eigenvalue weighted by Gasteiger charge is -2.14. The number of halogens is 1. The van der Waals surface area contributed by atoms with Crippen LogP contribution >= 0.6 is 0 Å². The van der Waals surface area contributed by atoms with Gasteiger partial charge in [-0.05, 0) is 29.8 Å². The highest BCUT2D eigenvalue weighted by Crippen LogP contribution is 2.35. The maximum Gasteiger partial charge on any atom is 0.266 e. The number of ether oxygens (including phenoxy) is 1. The summed E-state index contributed by atoms with van der Waals surface area (Å²) >= 11 is 0. The van der Waals surface area contributed by atoms with Gasteiger partial charge in [-0.3, -0.25) is 14.2 Å². The first-order valence-corrected chi connectivity index (χ1v) is 12.3. The van der Waals surface area contributed by atoms with Gasteiger partial charge >= 0.3 is 0 Å². The van der Waals surface area contributed by atoms with E-state index in [1.807, 2.05) is 13.1 Å². The minimum Gasteiger partial charge on any atom is -0.496 e. The predicted octanol–water partition coefficient (Wildman–Crippen LogP) is 3.27. The molecule has 12 heteroatoms. The summed E-state index contributed by atoms with van der Waals surface area (Å²) in [5.74, 6) is -0.554. The van der Waals surface area contributed by atoms with E-state index in [2.05, 4.69) is 15.0 Å². The smallest absolute Gasteiger partial charge is 0.266 e. The summed E-state index contributed by atoms with van der Waals surface area (Å²) < 4.78 is 54.4. The Morgan fingerprint density at radius 1 is 1.26 bits per heavy atom. The zero-order valence-corrected chi connectivity index (χ0v) is 19.8. The lowest BCUT2D eigenvalue weighted by Crippen LogP contribution is -2.24. The van der Waals surface area contributed by atoms with Crippen molar-refractivity contribution in [2.24, 2.45) is 0 Å². The number of anilines is 1. The standard InChI is InChI=1S/C23H22FN5O5S/c1-3-21(30)28-11-15-12-29(25-17(15)13-28)10-14-8-18(33-2)22-19(9-14)34-26-23(22)27-35(31,32)20-7-5-4-6-16(20)24/h4-9,12H,3,10-11,13H2,1-2H3,(H,26,27). The summed E-state index contributed by atoms with van der Waals surface area (Å²) in [4.78, 5) is 13.2. The van der Waals surface area contributed by atoms with Crippen LogP contribution < -0.4 is 9.46 Å². The topological polar surface area (TPSA) is 120 Å². The van der Waals surface area contributed by atoms with Crippen molar-refractivity contribution < 1.29 is 26.9 Å². The average molecular weight is 500 g/mol. The van der Waals surface area contributed by atoms with E-state index in [4.69, 9.17) is 9.26 Å². The molecule has 1 amide bonds. The Morgan fingerprint density at radius 2 is 2.06 bits per heavy atom. The van der Waals surface area contributed by atoms with Gasteiger partial charge in [0.25, 0.3) is 10.0 Å². The van der Waals surface area contributed by atoms with Gasteiger partial charge in [-0.15, -0.1) is 0 Å². The largest absolute Gasteiger partial charge is 0.496 e. The third-order valence-corrected chi connectivity index (χ3v) is 7.17. The molecule has 0 unspecified atom stereocenters. The zero-order chi connectivity index (χ0) is 24.7. The minimum absolute atomic E-state index is 0.0940. The number of fused-ring (bicyclic) bond motifs is 2. The number of aromatic nitrogens is 3. The molecule has 2 aromatic heterocycles. The second-order valence-electron chi connectivity index (χ2n) is 8.14. The van der Waals surface area contributed by atoms with Gasteiger partial charge in [-0.25, -0.2) is 12.8 Å². The Labute approximate surface area is 200 Å². The summed E-state index contributed by atoms with van der Waals surface area (Å²) in [5.41, 5.74) is 2.95. The number of rotatable bonds is 7. The molecule has 0 bridgehead atoms. The van der Waals surface area contributed by atoms with E-state index in [1.54, 1.807) is 21.7 Å². The SMILES string of the molecule is CCC(=O)N1Cc2cn(Cc3cc(OC)c4c(NS(=O)(=O)c5ccccc5F)noc4c3)nc2C1. The van der Waals surface area contributed by atoms with Crippen LogP contribution in [0.5, 0.6) is 5.75 Å². The van der Waals surface area contributed by atoms with Crippen LogP contribution in [0.4, 0.5) is 10.2 Å². The fraction of sp³-hybridized carbons (Fsp3) is 0.261. The Bertz CT molecular complexity index is 1520. The van der Waals surface area contributed by atoms with Crippen molar-refractivity contribution in [3.8, 4) is 5.75 Å². The maximum atomic E-state index is 14.1. The Kier molecular flexibility index (Phi) is 5.67. The fourth-order valence-electron chi connectivity index (χ4n) is 4.14. The van der Waals surface area contributed by atoms with Crippen molar-refractivity contribution in [3.63, 3.8) is 0 Å². The van der Waals surface area contributed by atoms with Crippen molar-refractivity contribution in [1.82, 2.24) is 19.8 Å². The number of methoxy groups -OCH3 is 1. The highest BCUT2D eigenvalue weighted by Gasteiger charge is 2.26. The molecular formula is C23H22FN5O5S. The van der Waals surface area contributed by atoms with Gasteiger partial charge < -0.3 is 14.2 Å². The van der Waals surface area contributed by atoms with Crippen molar-refractivity contribution >= 4 is 32.7 Å². The van der Waals surface area contributed by atoms with Gasteiger partial charge in [-0.1, -0.05) is 24.2 Å². The van der Waals surface area contributed by atoms with Crippen molar-refractivity contribution in [2.75, 3.05) is 11.8 Å². The third kappa shape index (κ3) is 4.20. The average Bonchev–Trinajstić information content (AvgIpc) is 3.51. The number of amides is 1. The van der Waals surface area contributed by atoms with E-state index in [9.17, 15) is 17.6 Å². The molecule has 0 atom stereocenters. The van der Waals surface area contributed by atoms with E-state index in [1.165, 1.54) is 19.2 Å². The van der Waals surface area contributed by atoms with Crippen LogP contribution in [-0.4, -0.2) is 41.3 Å². The summed E-state index contributed by atoms with van der Waals surface area (Å²) in [6, 6.07) is 8.50. The van der Waals surface area contributed by atoms with Crippen LogP contribution in [0.25, 0.3) is 11.0 Å². The molecule has 1 aliphatic heterocycles. The molecule has 5 rings (SSSR count). The van der Waals surface area contributed by atoms with Crippen molar-refractivity contribution in [2.45, 2.75) is 37.9 Å². The zero-order valence-electron chi connectivity index (χ0n) is 19.0. The molecular weight excluding hydrogens is 477 g/mol. The molecule has 0 saturated heterocycles. The van der Waals surface area contributed by atoms with Crippen molar-refractivity contribution in [3.05, 3.63) is 65.2 Å². The minimum atomic E-state index is -4.25. The highest BCUT2D eigenvalue weighted by atomic mass is 32.2. The lowest BCUT2D eigenvalue weighted by molar-refractivity contribution is -0.131. The summed E-state index contributed by atoms with van der Waals surface area (Å²) in [5, 5.41) is 8.74. The normalized spacial score (nSPS) is 13.3. The molecule has 182 valence electrons. The molecule has 0 radical (unpaired) electrons. The number of benzene rings is 2. The van der Waals surface area contributed by atoms with Gasteiger partial charge in [0.1, 0.15) is 21.8 Å². The first-order valence-electron chi connectivity index (χ1n) is 10.9. The number of hydrogen-bond acceptors (Lipinski definition) is 7. The number of carbonyl (C=O) groups is 1. The molecule has 10 nitrogen and oxygen atoms in total. The van der Waals surface area contributed by atoms with Crippen LogP contribution in [0.1, 0.15) is 30.2 Å². The number of nitrogens with zero attached hydrogens (tertiary/aromatic N) is 4. The first-order chi connectivity index (χ1) is 16.8. The molecule has 1 N–H and O–H groups in total. The van der Waals surface area contributed by atoms with Gasteiger partial charge in [0.15, 0.2) is 11.4 Å². The molecule has 2 aromatic carbocycles. The van der Waals surface area contributed by atoms with E-state index in [0.29, 0.717) is 42.8 Å². The highest BCUT2D eigenvalue weighted by molar-refractivity contribution is 7.92. The monoisotopic (exact) mass is 499 g/mol. The summed E-state index contributed by atoms with van der Waals surface area (Å²) in [6.45, 7) is 3.27. The lowest BCUT2D eigenvalue weighted by atomic mass is 10.1. The summed E-state index contributed by atoms with van der Waals surface area (Å²) in [7, 11) is -2.80. The number of sulfonamides is 1. The van der Waals surface area contributed by atoms with Gasteiger partial charge in [0, 0.05) is 24.7 Å². The van der Waals surface area contributed by atoms with E-state index < -0.39 is 20.7 Å². The molecule has 3 heterocycles. The molecule has 0 saturated carbocycles. The van der Waals surface area contributed by atoms with Crippen LogP contribution in [0, 0.1) is 5.82 Å². The molecule has 1 aliphatic rings. The van der Waals surface area contributed by atoms with Crippen LogP contribution in [-0.2, 0) is 34.5 Å². The quantitative estimate of drug-likeness (QED) is 0.414. The molecule has 0 aliphatic carbocycles. The van der Waals surface area contributed by atoms with E-state index >= 15 is 0 Å². The maximum absolute atomic E-state index is 14.1.